The average molecular weight is 341 g/mol. The van der Waals surface area contributed by atoms with Gasteiger partial charge in [0.25, 0.3) is 0 Å². The van der Waals surface area contributed by atoms with Crippen molar-refractivity contribution in [3.63, 3.8) is 0 Å². The first-order valence-electron chi connectivity index (χ1n) is 7.02. The number of carbonyl (C=O) groups is 1. The third-order valence-corrected chi connectivity index (χ3v) is 3.46. The maximum absolute atomic E-state index is 13.9. The molecule has 0 spiro atoms. The summed E-state index contributed by atoms with van der Waals surface area (Å²) in [6.07, 6.45) is -4.78. The van der Waals surface area contributed by atoms with Crippen molar-refractivity contribution in [3.05, 3.63) is 59.9 Å². The third kappa shape index (κ3) is 4.24. The van der Waals surface area contributed by atoms with Gasteiger partial charge in [0, 0.05) is 11.3 Å². The standard InChI is InChI=1S/C17H15F4NO2/c1-16(2,13-5-3-4-6-14(13)18)15(23)22-11-7-9-12(10-8-11)24-17(19,20)21/h3-10H,1-2H3,(H,22,23). The Labute approximate surface area is 136 Å². The molecule has 0 bridgehead atoms. The van der Waals surface area contributed by atoms with Crippen LogP contribution in [0.4, 0.5) is 23.2 Å². The van der Waals surface area contributed by atoms with Crippen molar-refractivity contribution >= 4 is 11.6 Å². The van der Waals surface area contributed by atoms with Crippen LogP contribution in [0.15, 0.2) is 48.5 Å². The zero-order chi connectivity index (χ0) is 18.0. The molecular weight excluding hydrogens is 326 g/mol. The molecule has 0 saturated heterocycles. The Morgan fingerprint density at radius 3 is 2.12 bits per heavy atom. The van der Waals surface area contributed by atoms with Crippen LogP contribution >= 0.6 is 0 Å². The highest BCUT2D eigenvalue weighted by molar-refractivity contribution is 5.98. The molecule has 0 fully saturated rings. The Bertz CT molecular complexity index is 724. The highest BCUT2D eigenvalue weighted by atomic mass is 19.4. The summed E-state index contributed by atoms with van der Waals surface area (Å²) in [4.78, 5) is 12.4. The lowest BCUT2D eigenvalue weighted by molar-refractivity contribution is -0.274. The number of halogens is 4. The van der Waals surface area contributed by atoms with E-state index >= 15 is 0 Å². The summed E-state index contributed by atoms with van der Waals surface area (Å²) in [6.45, 7) is 3.11. The van der Waals surface area contributed by atoms with Gasteiger partial charge in [0.15, 0.2) is 0 Å². The summed E-state index contributed by atoms with van der Waals surface area (Å²) >= 11 is 0. The van der Waals surface area contributed by atoms with Crippen molar-refractivity contribution in [1.82, 2.24) is 0 Å². The lowest BCUT2D eigenvalue weighted by Gasteiger charge is -2.24. The maximum atomic E-state index is 13.9. The van der Waals surface area contributed by atoms with Crippen molar-refractivity contribution in [2.75, 3.05) is 5.32 Å². The quantitative estimate of drug-likeness (QED) is 0.823. The van der Waals surface area contributed by atoms with Crippen molar-refractivity contribution < 1.29 is 27.1 Å². The minimum Gasteiger partial charge on any atom is -0.406 e. The Morgan fingerprint density at radius 1 is 1.00 bits per heavy atom. The van der Waals surface area contributed by atoms with E-state index in [1.807, 2.05) is 0 Å². The van der Waals surface area contributed by atoms with Gasteiger partial charge in [-0.3, -0.25) is 4.79 Å². The van der Waals surface area contributed by atoms with E-state index in [2.05, 4.69) is 10.1 Å². The Balaban J connectivity index is 2.13. The minimum atomic E-state index is -4.78. The smallest absolute Gasteiger partial charge is 0.406 e. The van der Waals surface area contributed by atoms with Crippen molar-refractivity contribution in [2.45, 2.75) is 25.6 Å². The SMILES string of the molecule is CC(C)(C(=O)Nc1ccc(OC(F)(F)F)cc1)c1ccccc1F. The molecule has 0 saturated carbocycles. The molecule has 2 rings (SSSR count). The normalized spacial score (nSPS) is 11.9. The summed E-state index contributed by atoms with van der Waals surface area (Å²) in [5.74, 6) is -1.39. The predicted octanol–water partition coefficient (Wildman–Crippen LogP) is 4.64. The number of amides is 1. The van der Waals surface area contributed by atoms with Crippen LogP contribution in [0.2, 0.25) is 0 Å². The Kier molecular flexibility index (Phi) is 4.82. The third-order valence-electron chi connectivity index (χ3n) is 3.46. The van der Waals surface area contributed by atoms with E-state index in [0.29, 0.717) is 0 Å². The predicted molar refractivity (Wildman–Crippen MR) is 81.2 cm³/mol. The molecule has 0 aliphatic carbocycles. The summed E-state index contributed by atoms with van der Waals surface area (Å²) < 4.78 is 54.0. The van der Waals surface area contributed by atoms with Gasteiger partial charge in [-0.25, -0.2) is 4.39 Å². The van der Waals surface area contributed by atoms with E-state index < -0.39 is 29.3 Å². The second-order valence-corrected chi connectivity index (χ2v) is 5.63. The fraction of sp³-hybridized carbons (Fsp3) is 0.235. The summed E-state index contributed by atoms with van der Waals surface area (Å²) in [6, 6.07) is 10.6. The maximum Gasteiger partial charge on any atom is 0.573 e. The fourth-order valence-corrected chi connectivity index (χ4v) is 2.12. The first-order valence-corrected chi connectivity index (χ1v) is 7.02. The van der Waals surface area contributed by atoms with E-state index in [4.69, 9.17) is 0 Å². The zero-order valence-electron chi connectivity index (χ0n) is 12.9. The van der Waals surface area contributed by atoms with E-state index in [9.17, 15) is 22.4 Å². The largest absolute Gasteiger partial charge is 0.573 e. The van der Waals surface area contributed by atoms with Crippen LogP contribution in [0.25, 0.3) is 0 Å². The number of carbonyl (C=O) groups excluding carboxylic acids is 1. The molecule has 24 heavy (non-hydrogen) atoms. The molecule has 0 radical (unpaired) electrons. The van der Waals surface area contributed by atoms with Crippen LogP contribution in [0.3, 0.4) is 0 Å². The van der Waals surface area contributed by atoms with Gasteiger partial charge in [-0.05, 0) is 44.2 Å². The van der Waals surface area contributed by atoms with Crippen molar-refractivity contribution in [2.24, 2.45) is 0 Å². The second kappa shape index (κ2) is 6.51. The fourth-order valence-electron chi connectivity index (χ4n) is 2.12. The summed E-state index contributed by atoms with van der Waals surface area (Å²) in [5, 5.41) is 2.56. The monoisotopic (exact) mass is 341 g/mol. The topological polar surface area (TPSA) is 38.3 Å². The number of anilines is 1. The number of hydrogen-bond acceptors (Lipinski definition) is 2. The summed E-state index contributed by atoms with van der Waals surface area (Å²) in [5.41, 5.74) is -0.662. The van der Waals surface area contributed by atoms with Crippen LogP contribution in [0.5, 0.6) is 5.75 Å². The highest BCUT2D eigenvalue weighted by Crippen LogP contribution is 2.28. The highest BCUT2D eigenvalue weighted by Gasteiger charge is 2.33. The molecule has 1 N–H and O–H groups in total. The molecule has 2 aromatic carbocycles. The zero-order valence-corrected chi connectivity index (χ0v) is 12.9. The van der Waals surface area contributed by atoms with Crippen LogP contribution in [-0.4, -0.2) is 12.3 Å². The molecule has 0 unspecified atom stereocenters. The van der Waals surface area contributed by atoms with Gasteiger partial charge in [0.1, 0.15) is 11.6 Å². The lowest BCUT2D eigenvalue weighted by Crippen LogP contribution is -2.35. The molecule has 0 aromatic heterocycles. The van der Waals surface area contributed by atoms with Gasteiger partial charge in [-0.15, -0.1) is 13.2 Å². The van der Waals surface area contributed by atoms with E-state index in [-0.39, 0.29) is 11.3 Å². The van der Waals surface area contributed by atoms with Crippen molar-refractivity contribution in [3.8, 4) is 5.75 Å². The second-order valence-electron chi connectivity index (χ2n) is 5.63. The number of ether oxygens (including phenoxy) is 1. The van der Waals surface area contributed by atoms with Crippen LogP contribution in [-0.2, 0) is 10.2 Å². The van der Waals surface area contributed by atoms with Crippen LogP contribution in [0, 0.1) is 5.82 Å². The van der Waals surface area contributed by atoms with Crippen LogP contribution < -0.4 is 10.1 Å². The molecular formula is C17H15F4NO2. The molecule has 128 valence electrons. The first-order chi connectivity index (χ1) is 11.1. The number of nitrogens with one attached hydrogen (secondary N) is 1. The van der Waals surface area contributed by atoms with Crippen LogP contribution in [0.1, 0.15) is 19.4 Å². The van der Waals surface area contributed by atoms with Gasteiger partial charge < -0.3 is 10.1 Å². The minimum absolute atomic E-state index is 0.222. The molecule has 7 heteroatoms. The lowest BCUT2D eigenvalue weighted by atomic mass is 9.83. The number of benzene rings is 2. The number of rotatable bonds is 4. The van der Waals surface area contributed by atoms with Gasteiger partial charge in [-0.2, -0.15) is 0 Å². The van der Waals surface area contributed by atoms with Gasteiger partial charge in [0.2, 0.25) is 5.91 Å². The molecule has 0 aliphatic heterocycles. The van der Waals surface area contributed by atoms with Gasteiger partial charge in [0.05, 0.1) is 5.41 Å². The van der Waals surface area contributed by atoms with E-state index in [0.717, 1.165) is 12.1 Å². The Morgan fingerprint density at radius 2 is 1.58 bits per heavy atom. The molecule has 2 aromatic rings. The van der Waals surface area contributed by atoms with E-state index in [1.165, 1.54) is 30.3 Å². The molecule has 0 heterocycles. The Hall–Kier alpha value is -2.57. The number of alkyl halides is 3. The van der Waals surface area contributed by atoms with Gasteiger partial charge >= 0.3 is 6.36 Å². The number of hydrogen-bond donors (Lipinski definition) is 1. The molecule has 0 atom stereocenters. The molecule has 1 amide bonds. The average Bonchev–Trinajstić information content (AvgIpc) is 2.48. The summed E-state index contributed by atoms with van der Waals surface area (Å²) in [7, 11) is 0. The first kappa shape index (κ1) is 17.8. The van der Waals surface area contributed by atoms with Gasteiger partial charge in [-0.1, -0.05) is 18.2 Å². The molecule has 0 aliphatic rings. The van der Waals surface area contributed by atoms with Crippen molar-refractivity contribution in [1.29, 1.82) is 0 Å². The molecule has 3 nitrogen and oxygen atoms in total. The van der Waals surface area contributed by atoms with E-state index in [1.54, 1.807) is 19.9 Å².